The fourth-order valence-corrected chi connectivity index (χ4v) is 5.71. The molecule has 0 aliphatic carbocycles. The topological polar surface area (TPSA) is 359 Å². The number of alkyl carbamates (subject to hydrolysis) is 1. The van der Waals surface area contributed by atoms with E-state index in [1.807, 2.05) is 43.4 Å². The number of ether oxygens (including phenoxy) is 1. The number of halogens is 1. The van der Waals surface area contributed by atoms with E-state index in [9.17, 15) is 33.6 Å². The van der Waals surface area contributed by atoms with Gasteiger partial charge in [-0.3, -0.25) is 37.4 Å². The van der Waals surface area contributed by atoms with Crippen molar-refractivity contribution in [1.29, 1.82) is 0 Å². The molecule has 0 aliphatic heterocycles. The van der Waals surface area contributed by atoms with Crippen molar-refractivity contribution in [2.75, 3.05) is 24.5 Å². The number of alkyl halides is 1. The number of carboxylic acids is 1. The summed E-state index contributed by atoms with van der Waals surface area (Å²) in [6.07, 6.45) is 17.7. The van der Waals surface area contributed by atoms with Crippen LogP contribution < -0.4 is 38.9 Å². The van der Waals surface area contributed by atoms with Crippen LogP contribution in [0.25, 0.3) is 22.3 Å². The second-order valence-corrected chi connectivity index (χ2v) is 15.2. The lowest BCUT2D eigenvalue weighted by Crippen LogP contribution is -2.38. The molecule has 0 aromatic carbocycles. The summed E-state index contributed by atoms with van der Waals surface area (Å²) < 4.78 is 37.7. The third kappa shape index (κ3) is 17.8. The molecule has 0 bridgehead atoms. The average molecular weight is 1110 g/mol. The number of aryl methyl sites for hydroxylation is 2. The zero-order chi connectivity index (χ0) is 53.4. The highest BCUT2D eigenvalue weighted by atomic mass is 127. The van der Waals surface area contributed by atoms with E-state index in [0.717, 1.165) is 15.6 Å². The quantitative estimate of drug-likeness (QED) is 0.0977. The van der Waals surface area contributed by atoms with Crippen LogP contribution in [-0.2, 0) is 74.9 Å². The van der Waals surface area contributed by atoms with Crippen molar-refractivity contribution in [3.05, 3.63) is 128 Å². The molecule has 8 heterocycles. The van der Waals surface area contributed by atoms with E-state index in [1.54, 1.807) is 24.9 Å². The number of hydrogen-bond acceptors (Lipinski definition) is 19. The molecule has 8 rings (SSSR count). The molecule has 29 heteroatoms. The van der Waals surface area contributed by atoms with Crippen molar-refractivity contribution in [3.63, 3.8) is 0 Å². The molecule has 0 saturated heterocycles. The van der Waals surface area contributed by atoms with Crippen LogP contribution >= 0.6 is 22.6 Å². The highest BCUT2D eigenvalue weighted by Gasteiger charge is 2.18. The van der Waals surface area contributed by atoms with Crippen LogP contribution in [-0.4, -0.2) is 111 Å². The molecule has 28 nitrogen and oxygen atoms in total. The van der Waals surface area contributed by atoms with Crippen LogP contribution in [0.2, 0.25) is 0 Å². The zero-order valence-corrected chi connectivity index (χ0v) is 42.0. The summed E-state index contributed by atoms with van der Waals surface area (Å²) in [5.74, 6) is 0.489. The first-order valence-electron chi connectivity index (χ1n) is 21.6. The Labute approximate surface area is 418 Å². The number of oxazole rings is 4. The molecule has 0 atom stereocenters. The molecule has 8 aromatic heterocycles. The number of nitrogens with two attached hydrogens (primary N) is 1. The Hall–Kier alpha value is -7.96. The van der Waals surface area contributed by atoms with E-state index in [0.29, 0.717) is 55.1 Å². The molecular weight excluding hydrogens is 1050 g/mol. The smallest absolute Gasteiger partial charge is 0.407 e. The van der Waals surface area contributed by atoms with Gasteiger partial charge in [-0.1, -0.05) is 22.6 Å². The average Bonchev–Trinajstić information content (AvgIpc) is 4.19. The summed E-state index contributed by atoms with van der Waals surface area (Å²) in [7, 11) is 5.72. The van der Waals surface area contributed by atoms with E-state index >= 15 is 0 Å². The molecule has 0 unspecified atom stereocenters. The van der Waals surface area contributed by atoms with E-state index in [2.05, 4.69) is 45.0 Å². The van der Waals surface area contributed by atoms with Gasteiger partial charge in [-0.15, -0.1) is 0 Å². The number of carbonyl (C=O) groups is 3. The Morgan fingerprint density at radius 1 is 0.704 bits per heavy atom. The molecule has 5 N–H and O–H groups in total. The molecule has 2 amide bonds. The number of carbonyl (C=O) groups excluding carboxylic acids is 2. The second-order valence-electron chi connectivity index (χ2n) is 15.2. The number of amides is 2. The Kier molecular flexibility index (Phi) is 22.3. The number of nitrogens with one attached hydrogen (secondary N) is 2. The number of aliphatic carboxylic acids is 1. The van der Waals surface area contributed by atoms with E-state index in [-0.39, 0.29) is 41.3 Å². The monoisotopic (exact) mass is 1110 g/mol. The van der Waals surface area contributed by atoms with Gasteiger partial charge in [0.2, 0.25) is 5.91 Å². The number of rotatable bonds is 12. The summed E-state index contributed by atoms with van der Waals surface area (Å²) in [6, 6.07) is 0. The van der Waals surface area contributed by atoms with Crippen molar-refractivity contribution in [1.82, 2.24) is 67.9 Å². The van der Waals surface area contributed by atoms with Crippen LogP contribution in [0.15, 0.2) is 106 Å². The van der Waals surface area contributed by atoms with E-state index < -0.39 is 40.2 Å². The number of carboxylic acid groups (broad SMARTS) is 1. The summed E-state index contributed by atoms with van der Waals surface area (Å²) in [5.41, 5.74) is 3.50. The molecule has 8 aromatic rings. The highest BCUT2D eigenvalue weighted by molar-refractivity contribution is 14.1. The molecular formula is C42H56IN15O13. The van der Waals surface area contributed by atoms with Gasteiger partial charge >= 0.3 is 23.4 Å². The highest BCUT2D eigenvalue weighted by Crippen LogP contribution is 2.08. The van der Waals surface area contributed by atoms with Crippen LogP contribution in [0.3, 0.4) is 0 Å². The third-order valence-corrected chi connectivity index (χ3v) is 8.88. The standard InChI is InChI=1S/C14H16N6O4.C10H16N2O3.C9H10N4O4.C5H8N2O.C3H3NO.CH3I/c1-18-12-11(13(22)19(2)14(18)23)20(8-17-12)7-9(21)15-4-3-10-16-5-6-24-10;1-10(2,3)15-9(13)12-5-4-8-11-6-7-14-8;1-11-7-6(8(16)12(2)9(11)17)13(4-10-7)3-5(14)15;6-2-1-5-7-3-4-8-5;1-2-5-3-4-1;1-2/h5-6,8H,3-4,7H2,1-2H3,(H,15,21);6-7H,4-5H2,1-3H3,(H,12,13);4H,3H2,1-2H3,(H,14,15);3-4H,1-2,6H2;1-3H;1H3/i;;;;;1D. The van der Waals surface area contributed by atoms with Gasteiger partial charge in [0.25, 0.3) is 11.1 Å². The van der Waals surface area contributed by atoms with Crippen molar-refractivity contribution < 1.29 is 43.3 Å². The Balaban J connectivity index is 0.000000252. The normalized spacial score (nSPS) is 10.6. The predicted molar refractivity (Wildman–Crippen MR) is 261 cm³/mol. The van der Waals surface area contributed by atoms with Gasteiger partial charge in [0.05, 0.1) is 37.4 Å². The SMILES string of the molecule is CC(C)(C)OC(=O)NCCc1ncco1.Cn1c(=O)c2c(ncn2CC(=O)NCCc2ncco2)n(C)c1=O.Cn1c(=O)c2c(ncn2CC(=O)O)n(C)c1=O.NCCc1ncco1.[2H]CI.c1cocn1. The molecule has 0 fully saturated rings. The number of imidazole rings is 2. The second kappa shape index (κ2) is 28.5. The van der Waals surface area contributed by atoms with Gasteiger partial charge in [0, 0.05) is 68.5 Å². The minimum Gasteiger partial charge on any atom is -0.480 e. The maximum absolute atomic E-state index is 12.3. The lowest BCUT2D eigenvalue weighted by atomic mass is 10.2. The van der Waals surface area contributed by atoms with Gasteiger partial charge in [-0.2, -0.15) is 0 Å². The Bertz CT molecular complexity index is 3100. The lowest BCUT2D eigenvalue weighted by Gasteiger charge is -2.19. The minimum atomic E-state index is -1.08. The molecule has 384 valence electrons. The fourth-order valence-electron chi connectivity index (χ4n) is 5.71. The van der Waals surface area contributed by atoms with Gasteiger partial charge in [0.1, 0.15) is 43.7 Å². The van der Waals surface area contributed by atoms with Crippen LogP contribution in [0, 0.1) is 0 Å². The molecule has 71 heavy (non-hydrogen) atoms. The Morgan fingerprint density at radius 3 is 1.52 bits per heavy atom. The number of fused-ring (bicyclic) bond motifs is 2. The van der Waals surface area contributed by atoms with Crippen LogP contribution in [0.1, 0.15) is 39.8 Å². The Morgan fingerprint density at radius 2 is 1.15 bits per heavy atom. The van der Waals surface area contributed by atoms with Crippen molar-refractivity contribution in [2.45, 2.75) is 58.7 Å². The summed E-state index contributed by atoms with van der Waals surface area (Å²) in [6.45, 7) is 6.43. The first-order valence-corrected chi connectivity index (χ1v) is 22.5. The number of aromatic nitrogens is 12. The zero-order valence-electron chi connectivity index (χ0n) is 40.9. The molecule has 0 saturated carbocycles. The third-order valence-electron chi connectivity index (χ3n) is 8.88. The maximum atomic E-state index is 12.3. The van der Waals surface area contributed by atoms with Gasteiger partial charge in [-0.25, -0.2) is 44.3 Å². The number of hydrogen-bond donors (Lipinski definition) is 4. The molecule has 0 radical (unpaired) electrons. The summed E-state index contributed by atoms with van der Waals surface area (Å²) in [4.78, 5) is 105. The predicted octanol–water partition coefficient (Wildman–Crippen LogP) is 0.942. The summed E-state index contributed by atoms with van der Waals surface area (Å²) in [5, 5.41) is 14.0. The van der Waals surface area contributed by atoms with Crippen molar-refractivity contribution >= 4 is 62.9 Å². The van der Waals surface area contributed by atoms with Crippen LogP contribution in [0.4, 0.5) is 4.79 Å². The van der Waals surface area contributed by atoms with Gasteiger partial charge in [-0.05, 0) is 25.7 Å². The van der Waals surface area contributed by atoms with Gasteiger partial charge in [0.15, 0.2) is 46.4 Å². The first kappa shape index (κ1) is 55.6. The molecule has 0 spiro atoms. The van der Waals surface area contributed by atoms with Crippen molar-refractivity contribution in [2.24, 2.45) is 33.9 Å². The van der Waals surface area contributed by atoms with Crippen LogP contribution in [0.5, 0.6) is 0 Å². The first-order chi connectivity index (χ1) is 34.2. The number of nitrogens with zero attached hydrogens (tertiary/aromatic N) is 12. The minimum absolute atomic E-state index is 0.0739. The molecule has 0 aliphatic rings. The summed E-state index contributed by atoms with van der Waals surface area (Å²) >= 11 is 1.96. The largest absolute Gasteiger partial charge is 0.480 e. The van der Waals surface area contributed by atoms with E-state index in [1.165, 1.54) is 90.5 Å². The van der Waals surface area contributed by atoms with E-state index in [4.69, 9.17) is 30.2 Å². The van der Waals surface area contributed by atoms with Crippen molar-refractivity contribution in [3.8, 4) is 0 Å². The maximum Gasteiger partial charge on any atom is 0.407 e. The fraction of sp³-hybridized carbons (Fsp3) is 0.405. The lowest BCUT2D eigenvalue weighted by molar-refractivity contribution is -0.137. The van der Waals surface area contributed by atoms with Gasteiger partial charge < -0.3 is 53.0 Å².